The predicted octanol–water partition coefficient (Wildman–Crippen LogP) is 2.83. The summed E-state index contributed by atoms with van der Waals surface area (Å²) in [5, 5.41) is 3.64. The summed E-state index contributed by atoms with van der Waals surface area (Å²) in [6.07, 6.45) is 0.468. The first-order valence-corrected chi connectivity index (χ1v) is 7.59. The second-order valence-electron chi connectivity index (χ2n) is 4.96. The van der Waals surface area contributed by atoms with Crippen molar-refractivity contribution < 1.29 is 4.79 Å². The first-order valence-electron chi connectivity index (χ1n) is 7.21. The maximum absolute atomic E-state index is 11.6. The average Bonchev–Trinajstić information content (AvgIpc) is 2.47. The molecule has 0 saturated carbocycles. The molecule has 1 aliphatic heterocycles. The smallest absolute Gasteiger partial charge is 0.224 e. The standard InChI is InChI=1S/C15H22ClN3O/c1-3-14(20)17-13-7-5-6-12(16)15(13)19-10-8-18(4-2)9-11-19/h5-7H,3-4,8-11H2,1-2H3,(H,17,20). The van der Waals surface area contributed by atoms with Gasteiger partial charge in [-0.05, 0) is 18.7 Å². The van der Waals surface area contributed by atoms with Crippen LogP contribution in [0.4, 0.5) is 11.4 Å². The maximum Gasteiger partial charge on any atom is 0.224 e. The Morgan fingerprint density at radius 2 is 1.95 bits per heavy atom. The van der Waals surface area contributed by atoms with Crippen LogP contribution in [0, 0.1) is 0 Å². The van der Waals surface area contributed by atoms with Gasteiger partial charge >= 0.3 is 0 Å². The number of anilines is 2. The van der Waals surface area contributed by atoms with Gasteiger partial charge < -0.3 is 15.1 Å². The Hall–Kier alpha value is -1.26. The fourth-order valence-corrected chi connectivity index (χ4v) is 2.76. The first-order chi connectivity index (χ1) is 9.65. The summed E-state index contributed by atoms with van der Waals surface area (Å²) in [6.45, 7) is 9.04. The van der Waals surface area contributed by atoms with Crippen LogP contribution in [0.15, 0.2) is 18.2 Å². The molecule has 0 aromatic heterocycles. The number of piperazine rings is 1. The van der Waals surface area contributed by atoms with Gasteiger partial charge in [-0.3, -0.25) is 4.79 Å². The van der Waals surface area contributed by atoms with Crippen LogP contribution in [-0.4, -0.2) is 43.5 Å². The minimum Gasteiger partial charge on any atom is -0.366 e. The lowest BCUT2D eigenvalue weighted by molar-refractivity contribution is -0.115. The molecule has 4 nitrogen and oxygen atoms in total. The van der Waals surface area contributed by atoms with Crippen molar-refractivity contribution in [3.63, 3.8) is 0 Å². The molecule has 0 atom stereocenters. The van der Waals surface area contributed by atoms with Gasteiger partial charge in [0, 0.05) is 32.6 Å². The summed E-state index contributed by atoms with van der Waals surface area (Å²) >= 11 is 6.35. The lowest BCUT2D eigenvalue weighted by Gasteiger charge is -2.36. The van der Waals surface area contributed by atoms with E-state index in [9.17, 15) is 4.79 Å². The van der Waals surface area contributed by atoms with E-state index in [-0.39, 0.29) is 5.91 Å². The quantitative estimate of drug-likeness (QED) is 0.928. The van der Waals surface area contributed by atoms with E-state index in [0.717, 1.165) is 44.1 Å². The third kappa shape index (κ3) is 3.44. The number of carbonyl (C=O) groups is 1. The number of benzene rings is 1. The van der Waals surface area contributed by atoms with E-state index in [4.69, 9.17) is 11.6 Å². The van der Waals surface area contributed by atoms with Gasteiger partial charge in [-0.15, -0.1) is 0 Å². The summed E-state index contributed by atoms with van der Waals surface area (Å²) in [7, 11) is 0. The summed E-state index contributed by atoms with van der Waals surface area (Å²) in [5.74, 6) is 0.0145. The Balaban J connectivity index is 2.19. The van der Waals surface area contributed by atoms with Crippen LogP contribution in [0.1, 0.15) is 20.3 Å². The molecule has 0 aliphatic carbocycles. The Bertz CT molecular complexity index is 470. The molecule has 5 heteroatoms. The molecule has 1 heterocycles. The van der Waals surface area contributed by atoms with E-state index in [1.54, 1.807) is 0 Å². The van der Waals surface area contributed by atoms with Gasteiger partial charge in [0.15, 0.2) is 0 Å². The third-order valence-electron chi connectivity index (χ3n) is 3.72. The summed E-state index contributed by atoms with van der Waals surface area (Å²) in [4.78, 5) is 16.3. The van der Waals surface area contributed by atoms with Crippen molar-refractivity contribution in [2.45, 2.75) is 20.3 Å². The zero-order chi connectivity index (χ0) is 14.5. The van der Waals surface area contributed by atoms with Crippen LogP contribution < -0.4 is 10.2 Å². The van der Waals surface area contributed by atoms with Crippen molar-refractivity contribution >= 4 is 28.9 Å². The molecule has 1 aliphatic rings. The Labute approximate surface area is 125 Å². The Kier molecular flexibility index (Phi) is 5.26. The van der Waals surface area contributed by atoms with E-state index in [0.29, 0.717) is 11.4 Å². The number of carbonyl (C=O) groups excluding carboxylic acids is 1. The van der Waals surface area contributed by atoms with Crippen molar-refractivity contribution in [1.29, 1.82) is 0 Å². The van der Waals surface area contributed by atoms with E-state index in [2.05, 4.69) is 22.0 Å². The second kappa shape index (κ2) is 6.95. The molecule has 0 bridgehead atoms. The molecule has 1 fully saturated rings. The van der Waals surface area contributed by atoms with Crippen LogP contribution in [0.2, 0.25) is 5.02 Å². The average molecular weight is 296 g/mol. The van der Waals surface area contributed by atoms with Crippen molar-refractivity contribution in [1.82, 2.24) is 4.90 Å². The number of hydrogen-bond acceptors (Lipinski definition) is 3. The van der Waals surface area contributed by atoms with Crippen molar-refractivity contribution in [3.05, 3.63) is 23.2 Å². The Morgan fingerprint density at radius 1 is 1.25 bits per heavy atom. The number of rotatable bonds is 4. The number of likely N-dealkylation sites (N-methyl/N-ethyl adjacent to an activating group) is 1. The number of amides is 1. The predicted molar refractivity (Wildman–Crippen MR) is 84.7 cm³/mol. The van der Waals surface area contributed by atoms with E-state index >= 15 is 0 Å². The van der Waals surface area contributed by atoms with E-state index in [1.165, 1.54) is 0 Å². The van der Waals surface area contributed by atoms with Gasteiger partial charge in [0.05, 0.1) is 16.4 Å². The van der Waals surface area contributed by atoms with Gasteiger partial charge in [0.25, 0.3) is 0 Å². The fraction of sp³-hybridized carbons (Fsp3) is 0.533. The van der Waals surface area contributed by atoms with Crippen LogP contribution in [0.5, 0.6) is 0 Å². The van der Waals surface area contributed by atoms with E-state index in [1.807, 2.05) is 25.1 Å². The molecule has 1 N–H and O–H groups in total. The zero-order valence-corrected chi connectivity index (χ0v) is 12.9. The lowest BCUT2D eigenvalue weighted by Crippen LogP contribution is -2.46. The third-order valence-corrected chi connectivity index (χ3v) is 4.02. The van der Waals surface area contributed by atoms with Gasteiger partial charge in [-0.2, -0.15) is 0 Å². The molecule has 0 unspecified atom stereocenters. The van der Waals surface area contributed by atoms with Crippen molar-refractivity contribution in [2.24, 2.45) is 0 Å². The molecular weight excluding hydrogens is 274 g/mol. The Morgan fingerprint density at radius 3 is 2.55 bits per heavy atom. The van der Waals surface area contributed by atoms with Crippen LogP contribution in [0.3, 0.4) is 0 Å². The molecule has 1 amide bonds. The number of nitrogens with one attached hydrogen (secondary N) is 1. The van der Waals surface area contributed by atoms with Crippen LogP contribution in [0.25, 0.3) is 0 Å². The van der Waals surface area contributed by atoms with Crippen molar-refractivity contribution in [2.75, 3.05) is 42.9 Å². The highest BCUT2D eigenvalue weighted by Gasteiger charge is 2.21. The fourth-order valence-electron chi connectivity index (χ4n) is 2.46. The molecule has 110 valence electrons. The maximum atomic E-state index is 11.6. The molecular formula is C15H22ClN3O. The van der Waals surface area contributed by atoms with Crippen LogP contribution in [-0.2, 0) is 4.79 Å². The molecule has 2 rings (SSSR count). The minimum atomic E-state index is 0.0145. The monoisotopic (exact) mass is 295 g/mol. The SMILES string of the molecule is CCC(=O)Nc1cccc(Cl)c1N1CCN(CC)CC1. The largest absolute Gasteiger partial charge is 0.366 e. The molecule has 20 heavy (non-hydrogen) atoms. The van der Waals surface area contributed by atoms with E-state index < -0.39 is 0 Å². The number of nitrogens with zero attached hydrogens (tertiary/aromatic N) is 2. The molecule has 1 aromatic rings. The first kappa shape index (κ1) is 15.1. The number of para-hydroxylation sites is 1. The molecule has 0 spiro atoms. The summed E-state index contributed by atoms with van der Waals surface area (Å²) in [5.41, 5.74) is 1.76. The number of halogens is 1. The molecule has 1 saturated heterocycles. The minimum absolute atomic E-state index is 0.0145. The highest BCUT2D eigenvalue weighted by atomic mass is 35.5. The topological polar surface area (TPSA) is 35.6 Å². The van der Waals surface area contributed by atoms with Gasteiger partial charge in [-0.1, -0.05) is 31.5 Å². The number of hydrogen-bond donors (Lipinski definition) is 1. The highest BCUT2D eigenvalue weighted by molar-refractivity contribution is 6.34. The lowest BCUT2D eigenvalue weighted by atomic mass is 10.2. The summed E-state index contributed by atoms with van der Waals surface area (Å²) in [6, 6.07) is 5.67. The highest BCUT2D eigenvalue weighted by Crippen LogP contribution is 2.34. The van der Waals surface area contributed by atoms with Crippen molar-refractivity contribution in [3.8, 4) is 0 Å². The normalized spacial score (nSPS) is 16.2. The second-order valence-corrected chi connectivity index (χ2v) is 5.37. The van der Waals surface area contributed by atoms with Gasteiger partial charge in [0.1, 0.15) is 0 Å². The van der Waals surface area contributed by atoms with Gasteiger partial charge in [0.2, 0.25) is 5.91 Å². The van der Waals surface area contributed by atoms with Crippen LogP contribution >= 0.6 is 11.6 Å². The zero-order valence-electron chi connectivity index (χ0n) is 12.2. The summed E-state index contributed by atoms with van der Waals surface area (Å²) < 4.78 is 0. The molecule has 0 radical (unpaired) electrons. The van der Waals surface area contributed by atoms with Gasteiger partial charge in [-0.25, -0.2) is 0 Å². The molecule has 1 aromatic carbocycles.